The molecule has 0 aromatic heterocycles. The van der Waals surface area contributed by atoms with E-state index in [0.717, 1.165) is 5.57 Å². The van der Waals surface area contributed by atoms with Gasteiger partial charge in [-0.15, -0.1) is 13.2 Å². The summed E-state index contributed by atoms with van der Waals surface area (Å²) < 4.78 is 9.43. The lowest BCUT2D eigenvalue weighted by molar-refractivity contribution is -0.150. The number of hydrogen-bond acceptors (Lipinski definition) is 5. The van der Waals surface area contributed by atoms with E-state index >= 15 is 0 Å². The Bertz CT molecular complexity index is 515. The Kier molecular flexibility index (Phi) is 6.76. The van der Waals surface area contributed by atoms with Crippen molar-refractivity contribution in [3.05, 3.63) is 36.5 Å². The third kappa shape index (κ3) is 3.72. The van der Waals surface area contributed by atoms with Crippen LogP contribution in [-0.4, -0.2) is 31.9 Å². The standard InChI is InChI=1S/C17H22O5/c1-5-7-9-12-11(8-6-2)10-13(16(19)21-3)15(18)14(12)17(20)22-4/h5-6,11,13H,1-2,7-10H2,3-4H3/t11-,13?/m0/s1. The maximum Gasteiger partial charge on any atom is 0.341 e. The molecule has 0 saturated heterocycles. The lowest BCUT2D eigenvalue weighted by Gasteiger charge is -2.30. The van der Waals surface area contributed by atoms with Crippen LogP contribution < -0.4 is 0 Å². The van der Waals surface area contributed by atoms with Crippen LogP contribution in [0.4, 0.5) is 0 Å². The van der Waals surface area contributed by atoms with E-state index in [9.17, 15) is 14.4 Å². The Morgan fingerprint density at radius 2 is 1.91 bits per heavy atom. The lowest BCUT2D eigenvalue weighted by atomic mass is 9.73. The zero-order valence-electron chi connectivity index (χ0n) is 13.1. The lowest BCUT2D eigenvalue weighted by Crippen LogP contribution is -2.37. The van der Waals surface area contributed by atoms with E-state index in [2.05, 4.69) is 17.9 Å². The molecule has 0 heterocycles. The third-order valence-electron chi connectivity index (χ3n) is 3.84. The van der Waals surface area contributed by atoms with Gasteiger partial charge in [-0.2, -0.15) is 0 Å². The first-order valence-corrected chi connectivity index (χ1v) is 7.16. The van der Waals surface area contributed by atoms with Crippen molar-refractivity contribution in [2.75, 3.05) is 14.2 Å². The van der Waals surface area contributed by atoms with Gasteiger partial charge < -0.3 is 9.47 Å². The molecule has 0 saturated carbocycles. The van der Waals surface area contributed by atoms with Crippen LogP contribution in [0, 0.1) is 11.8 Å². The van der Waals surface area contributed by atoms with Crippen molar-refractivity contribution >= 4 is 17.7 Å². The van der Waals surface area contributed by atoms with E-state index in [-0.39, 0.29) is 11.5 Å². The van der Waals surface area contributed by atoms with Crippen LogP contribution in [0.5, 0.6) is 0 Å². The minimum atomic E-state index is -0.962. The molecule has 0 spiro atoms. The van der Waals surface area contributed by atoms with Gasteiger partial charge in [0.15, 0.2) is 5.78 Å². The molecule has 5 heteroatoms. The van der Waals surface area contributed by atoms with Crippen molar-refractivity contribution < 1.29 is 23.9 Å². The summed E-state index contributed by atoms with van der Waals surface area (Å²) in [7, 11) is 2.45. The second-order valence-corrected chi connectivity index (χ2v) is 5.12. The van der Waals surface area contributed by atoms with Gasteiger partial charge in [0.05, 0.1) is 14.2 Å². The van der Waals surface area contributed by atoms with Crippen LogP contribution in [0.15, 0.2) is 36.5 Å². The van der Waals surface area contributed by atoms with E-state index in [4.69, 9.17) is 4.74 Å². The summed E-state index contributed by atoms with van der Waals surface area (Å²) in [5.41, 5.74) is 0.703. The number of hydrogen-bond donors (Lipinski definition) is 0. The van der Waals surface area contributed by atoms with Crippen molar-refractivity contribution in [1.29, 1.82) is 0 Å². The number of ether oxygens (including phenoxy) is 2. The molecule has 1 aliphatic carbocycles. The maximum absolute atomic E-state index is 12.5. The molecule has 22 heavy (non-hydrogen) atoms. The second kappa shape index (κ2) is 8.32. The number of ketones is 1. The topological polar surface area (TPSA) is 69.7 Å². The molecule has 0 radical (unpaired) electrons. The van der Waals surface area contributed by atoms with Gasteiger partial charge >= 0.3 is 11.9 Å². The molecule has 0 aromatic carbocycles. The first kappa shape index (κ1) is 17.9. The summed E-state index contributed by atoms with van der Waals surface area (Å²) in [6.45, 7) is 7.37. The quantitative estimate of drug-likeness (QED) is 0.312. The van der Waals surface area contributed by atoms with E-state index < -0.39 is 23.6 Å². The van der Waals surface area contributed by atoms with E-state index in [1.807, 2.05) is 0 Å². The Morgan fingerprint density at radius 3 is 2.41 bits per heavy atom. The van der Waals surface area contributed by atoms with Gasteiger partial charge in [0, 0.05) is 0 Å². The van der Waals surface area contributed by atoms with Crippen molar-refractivity contribution in [2.45, 2.75) is 25.7 Å². The largest absolute Gasteiger partial charge is 0.468 e. The number of carbonyl (C=O) groups is 3. The smallest absolute Gasteiger partial charge is 0.341 e. The van der Waals surface area contributed by atoms with Crippen LogP contribution in [0.1, 0.15) is 25.7 Å². The first-order chi connectivity index (χ1) is 10.5. The number of esters is 2. The predicted molar refractivity (Wildman–Crippen MR) is 81.9 cm³/mol. The Balaban J connectivity index is 3.35. The van der Waals surface area contributed by atoms with Crippen molar-refractivity contribution in [3.8, 4) is 0 Å². The SMILES string of the molecule is C=CCCC1=C(C(=O)OC)C(=O)C(C(=O)OC)C[C@@H]1CC=C. The average Bonchev–Trinajstić information content (AvgIpc) is 2.53. The minimum absolute atomic E-state index is 0.0159. The highest BCUT2D eigenvalue weighted by Crippen LogP contribution is 2.37. The molecular formula is C17H22O5. The van der Waals surface area contributed by atoms with Crippen LogP contribution in [0.3, 0.4) is 0 Å². The molecule has 0 amide bonds. The van der Waals surface area contributed by atoms with Crippen molar-refractivity contribution in [1.82, 2.24) is 0 Å². The van der Waals surface area contributed by atoms with Gasteiger partial charge in [0.2, 0.25) is 0 Å². The van der Waals surface area contributed by atoms with Gasteiger partial charge in [-0.1, -0.05) is 12.2 Å². The fourth-order valence-corrected chi connectivity index (χ4v) is 2.78. The Hall–Kier alpha value is -2.17. The zero-order valence-corrected chi connectivity index (χ0v) is 13.1. The van der Waals surface area contributed by atoms with Gasteiger partial charge in [0.25, 0.3) is 0 Å². The van der Waals surface area contributed by atoms with E-state index in [1.54, 1.807) is 12.2 Å². The fourth-order valence-electron chi connectivity index (χ4n) is 2.78. The summed E-state index contributed by atoms with van der Waals surface area (Å²) >= 11 is 0. The molecule has 5 nitrogen and oxygen atoms in total. The summed E-state index contributed by atoms with van der Waals surface area (Å²) in [6.07, 6.45) is 5.52. The minimum Gasteiger partial charge on any atom is -0.468 e. The Labute approximate surface area is 130 Å². The van der Waals surface area contributed by atoms with Gasteiger partial charge in [-0.25, -0.2) is 4.79 Å². The third-order valence-corrected chi connectivity index (χ3v) is 3.84. The number of Topliss-reactive ketones (excluding diaryl/α,β-unsaturated/α-hetero) is 1. The molecule has 0 fully saturated rings. The second-order valence-electron chi connectivity index (χ2n) is 5.12. The monoisotopic (exact) mass is 306 g/mol. The molecule has 2 atom stereocenters. The number of allylic oxidation sites excluding steroid dienone is 3. The van der Waals surface area contributed by atoms with Crippen LogP contribution >= 0.6 is 0 Å². The number of carbonyl (C=O) groups excluding carboxylic acids is 3. The van der Waals surface area contributed by atoms with Gasteiger partial charge in [0.1, 0.15) is 11.5 Å². The summed E-state index contributed by atoms with van der Waals surface area (Å²) in [5.74, 6) is -2.90. The summed E-state index contributed by atoms with van der Waals surface area (Å²) in [5, 5.41) is 0. The number of methoxy groups -OCH3 is 2. The number of rotatable bonds is 7. The highest BCUT2D eigenvalue weighted by molar-refractivity contribution is 6.23. The predicted octanol–water partition coefficient (Wildman–Crippen LogP) is 2.38. The fraction of sp³-hybridized carbons (Fsp3) is 0.471. The first-order valence-electron chi connectivity index (χ1n) is 7.16. The van der Waals surface area contributed by atoms with Gasteiger partial charge in [-0.3, -0.25) is 9.59 Å². The van der Waals surface area contributed by atoms with Crippen molar-refractivity contribution in [2.24, 2.45) is 11.8 Å². The van der Waals surface area contributed by atoms with Gasteiger partial charge in [-0.05, 0) is 37.2 Å². The van der Waals surface area contributed by atoms with E-state index in [0.29, 0.717) is 25.7 Å². The van der Waals surface area contributed by atoms with Crippen LogP contribution in [-0.2, 0) is 23.9 Å². The van der Waals surface area contributed by atoms with E-state index in [1.165, 1.54) is 14.2 Å². The zero-order chi connectivity index (χ0) is 16.7. The molecule has 120 valence electrons. The Morgan fingerprint density at radius 1 is 1.23 bits per heavy atom. The normalized spacial score (nSPS) is 21.3. The van der Waals surface area contributed by atoms with Crippen LogP contribution in [0.2, 0.25) is 0 Å². The molecule has 1 aliphatic rings. The molecular weight excluding hydrogens is 284 g/mol. The maximum atomic E-state index is 12.5. The molecule has 0 bridgehead atoms. The highest BCUT2D eigenvalue weighted by atomic mass is 16.5. The molecule has 1 rings (SSSR count). The highest BCUT2D eigenvalue weighted by Gasteiger charge is 2.42. The molecule has 0 N–H and O–H groups in total. The van der Waals surface area contributed by atoms with Crippen molar-refractivity contribution in [3.63, 3.8) is 0 Å². The molecule has 0 aliphatic heterocycles. The molecule has 1 unspecified atom stereocenters. The summed E-state index contributed by atoms with van der Waals surface area (Å²) in [6, 6.07) is 0. The average molecular weight is 306 g/mol. The van der Waals surface area contributed by atoms with Crippen LogP contribution in [0.25, 0.3) is 0 Å². The summed E-state index contributed by atoms with van der Waals surface area (Å²) in [4.78, 5) is 36.4. The molecule has 0 aromatic rings.